The molecule has 2 N–H and O–H groups in total. The average molecular weight is 479 g/mol. The Morgan fingerprint density at radius 1 is 0.912 bits per heavy atom. The van der Waals surface area contributed by atoms with Crippen LogP contribution in [-0.2, 0) is 28.8 Å². The second-order valence-corrected chi connectivity index (χ2v) is 9.12. The minimum absolute atomic E-state index is 0.180. The molecule has 0 saturated heterocycles. The van der Waals surface area contributed by atoms with Gasteiger partial charge in [0.2, 0.25) is 5.91 Å². The molecule has 4 rings (SSSR count). The zero-order valence-electron chi connectivity index (χ0n) is 19.1. The molecular weight excluding hydrogens is 452 g/mol. The number of carbonyl (C=O) groups excluding carboxylic acids is 3. The minimum Gasteiger partial charge on any atom is -0.497 e. The fourth-order valence-electron chi connectivity index (χ4n) is 3.99. The maximum atomic E-state index is 13.3. The van der Waals surface area contributed by atoms with Gasteiger partial charge in [-0.3, -0.25) is 9.59 Å². The Morgan fingerprint density at radius 2 is 1.62 bits per heavy atom. The summed E-state index contributed by atoms with van der Waals surface area (Å²) in [7, 11) is 2.92. The summed E-state index contributed by atoms with van der Waals surface area (Å²) < 4.78 is 9.88. The Bertz CT molecular complexity index is 1200. The number of hydrogen-bond acceptors (Lipinski definition) is 6. The van der Waals surface area contributed by atoms with Crippen LogP contribution in [0.5, 0.6) is 5.75 Å². The van der Waals surface area contributed by atoms with Crippen molar-refractivity contribution in [3.05, 3.63) is 75.7 Å². The predicted octanol–water partition coefficient (Wildman–Crippen LogP) is 4.86. The molecule has 0 saturated carbocycles. The molecule has 0 aliphatic heterocycles. The molecule has 3 aromatic rings. The monoisotopic (exact) mass is 478 g/mol. The van der Waals surface area contributed by atoms with E-state index in [1.54, 1.807) is 31.4 Å². The quantitative estimate of drug-likeness (QED) is 0.473. The topological polar surface area (TPSA) is 93.7 Å². The Morgan fingerprint density at radius 3 is 2.29 bits per heavy atom. The summed E-state index contributed by atoms with van der Waals surface area (Å²) in [5.41, 5.74) is 3.36. The number of rotatable bonds is 7. The van der Waals surface area contributed by atoms with E-state index < -0.39 is 5.97 Å². The highest BCUT2D eigenvalue weighted by molar-refractivity contribution is 7.17. The van der Waals surface area contributed by atoms with Crippen molar-refractivity contribution in [2.45, 2.75) is 32.1 Å². The van der Waals surface area contributed by atoms with Gasteiger partial charge < -0.3 is 20.1 Å². The Balaban J connectivity index is 1.53. The summed E-state index contributed by atoms with van der Waals surface area (Å²) in [6.07, 6.45) is 4.00. The number of methoxy groups -OCH3 is 2. The first-order valence-electron chi connectivity index (χ1n) is 11.1. The summed E-state index contributed by atoms with van der Waals surface area (Å²) >= 11 is 1.48. The van der Waals surface area contributed by atoms with E-state index in [0.717, 1.165) is 47.4 Å². The summed E-state index contributed by atoms with van der Waals surface area (Å²) in [6, 6.07) is 13.8. The molecule has 1 aliphatic carbocycles. The van der Waals surface area contributed by atoms with Crippen LogP contribution in [-0.4, -0.2) is 32.0 Å². The SMILES string of the molecule is COC(=O)c1ccc(NC(=O)c2c(NC(=O)Cc3ccc(OC)cc3)sc3c2CCCC3)cc1. The normalized spacial score (nSPS) is 12.4. The number of esters is 1. The van der Waals surface area contributed by atoms with Crippen LogP contribution < -0.4 is 15.4 Å². The number of ether oxygens (including phenoxy) is 2. The van der Waals surface area contributed by atoms with Crippen molar-refractivity contribution in [2.24, 2.45) is 0 Å². The molecular formula is C26H26N2O5S. The van der Waals surface area contributed by atoms with Crippen LogP contribution >= 0.6 is 11.3 Å². The van der Waals surface area contributed by atoms with Gasteiger partial charge in [0.05, 0.1) is 31.8 Å². The third-order valence-electron chi connectivity index (χ3n) is 5.74. The number of thiophene rings is 1. The zero-order chi connectivity index (χ0) is 24.1. The molecule has 1 aliphatic rings. The number of benzene rings is 2. The van der Waals surface area contributed by atoms with Crippen molar-refractivity contribution in [3.63, 3.8) is 0 Å². The number of carbonyl (C=O) groups is 3. The van der Waals surface area contributed by atoms with Crippen molar-refractivity contribution < 1.29 is 23.9 Å². The zero-order valence-corrected chi connectivity index (χ0v) is 19.9. The smallest absolute Gasteiger partial charge is 0.337 e. The van der Waals surface area contributed by atoms with Crippen molar-refractivity contribution >= 4 is 39.8 Å². The van der Waals surface area contributed by atoms with Gasteiger partial charge in [0, 0.05) is 10.6 Å². The van der Waals surface area contributed by atoms with E-state index in [1.165, 1.54) is 18.4 Å². The minimum atomic E-state index is -0.438. The highest BCUT2D eigenvalue weighted by Crippen LogP contribution is 2.38. The Labute approximate surface area is 202 Å². The first kappa shape index (κ1) is 23.5. The van der Waals surface area contributed by atoms with Crippen LogP contribution in [0.25, 0.3) is 0 Å². The van der Waals surface area contributed by atoms with Crippen LogP contribution in [0.2, 0.25) is 0 Å². The van der Waals surface area contributed by atoms with Crippen LogP contribution in [0, 0.1) is 0 Å². The fourth-order valence-corrected chi connectivity index (χ4v) is 5.30. The van der Waals surface area contributed by atoms with Crippen LogP contribution in [0.15, 0.2) is 48.5 Å². The average Bonchev–Trinajstić information content (AvgIpc) is 3.22. The molecule has 2 amide bonds. The third-order valence-corrected chi connectivity index (χ3v) is 6.95. The number of aryl methyl sites for hydroxylation is 1. The van der Waals surface area contributed by atoms with E-state index in [0.29, 0.717) is 21.8 Å². The summed E-state index contributed by atoms with van der Waals surface area (Å²) in [5.74, 6) is -0.162. The van der Waals surface area contributed by atoms with Crippen molar-refractivity contribution in [3.8, 4) is 5.75 Å². The maximum Gasteiger partial charge on any atom is 0.337 e. The Hall–Kier alpha value is -3.65. The lowest BCUT2D eigenvalue weighted by Gasteiger charge is -2.13. The lowest BCUT2D eigenvalue weighted by molar-refractivity contribution is -0.115. The van der Waals surface area contributed by atoms with E-state index in [-0.39, 0.29) is 18.2 Å². The molecule has 1 heterocycles. The van der Waals surface area contributed by atoms with Crippen molar-refractivity contribution in [2.75, 3.05) is 24.9 Å². The lowest BCUT2D eigenvalue weighted by Crippen LogP contribution is -2.19. The number of hydrogen-bond donors (Lipinski definition) is 2. The maximum absolute atomic E-state index is 13.3. The fraction of sp³-hybridized carbons (Fsp3) is 0.269. The van der Waals surface area contributed by atoms with Crippen LogP contribution in [0.1, 0.15) is 49.6 Å². The lowest BCUT2D eigenvalue weighted by atomic mass is 9.95. The largest absolute Gasteiger partial charge is 0.497 e. The van der Waals surface area contributed by atoms with Crippen molar-refractivity contribution in [1.82, 2.24) is 0 Å². The molecule has 34 heavy (non-hydrogen) atoms. The molecule has 0 radical (unpaired) electrons. The van der Waals surface area contributed by atoms with E-state index in [4.69, 9.17) is 9.47 Å². The van der Waals surface area contributed by atoms with Gasteiger partial charge in [-0.2, -0.15) is 0 Å². The predicted molar refractivity (Wildman–Crippen MR) is 132 cm³/mol. The number of nitrogens with one attached hydrogen (secondary N) is 2. The van der Waals surface area contributed by atoms with E-state index >= 15 is 0 Å². The second kappa shape index (κ2) is 10.5. The van der Waals surface area contributed by atoms with Gasteiger partial charge in [0.25, 0.3) is 5.91 Å². The Kier molecular flexibility index (Phi) is 7.27. The first-order valence-corrected chi connectivity index (χ1v) is 11.9. The van der Waals surface area contributed by atoms with Gasteiger partial charge >= 0.3 is 5.97 Å². The molecule has 0 spiro atoms. The number of fused-ring (bicyclic) bond motifs is 1. The molecule has 0 unspecified atom stereocenters. The summed E-state index contributed by atoms with van der Waals surface area (Å²) in [4.78, 5) is 38.9. The molecule has 0 bridgehead atoms. The van der Waals surface area contributed by atoms with Gasteiger partial charge in [-0.15, -0.1) is 11.3 Å². The van der Waals surface area contributed by atoms with Gasteiger partial charge in [-0.25, -0.2) is 4.79 Å². The number of anilines is 2. The molecule has 7 nitrogen and oxygen atoms in total. The molecule has 8 heteroatoms. The van der Waals surface area contributed by atoms with Gasteiger partial charge in [0.15, 0.2) is 0 Å². The second-order valence-electron chi connectivity index (χ2n) is 8.01. The van der Waals surface area contributed by atoms with Crippen LogP contribution in [0.3, 0.4) is 0 Å². The van der Waals surface area contributed by atoms with Gasteiger partial charge in [-0.1, -0.05) is 12.1 Å². The third kappa shape index (κ3) is 5.28. The standard InChI is InChI=1S/C26H26N2O5S/c1-32-19-13-7-16(8-14-19)15-22(29)28-25-23(20-5-3-4-6-21(20)34-25)24(30)27-18-11-9-17(10-12-18)26(31)33-2/h7-14H,3-6,15H2,1-2H3,(H,27,30)(H,28,29). The first-order chi connectivity index (χ1) is 16.5. The van der Waals surface area contributed by atoms with Gasteiger partial charge in [-0.05, 0) is 73.2 Å². The van der Waals surface area contributed by atoms with E-state index in [2.05, 4.69) is 10.6 Å². The van der Waals surface area contributed by atoms with E-state index in [1.807, 2.05) is 24.3 Å². The van der Waals surface area contributed by atoms with Crippen LogP contribution in [0.4, 0.5) is 10.7 Å². The summed E-state index contributed by atoms with van der Waals surface area (Å²) in [5, 5.41) is 6.45. The molecule has 2 aromatic carbocycles. The van der Waals surface area contributed by atoms with E-state index in [9.17, 15) is 14.4 Å². The van der Waals surface area contributed by atoms with Crippen molar-refractivity contribution in [1.29, 1.82) is 0 Å². The highest BCUT2D eigenvalue weighted by Gasteiger charge is 2.26. The molecule has 0 atom stereocenters. The molecule has 176 valence electrons. The summed E-state index contributed by atoms with van der Waals surface area (Å²) in [6.45, 7) is 0. The number of amides is 2. The van der Waals surface area contributed by atoms with Gasteiger partial charge in [0.1, 0.15) is 10.8 Å². The highest BCUT2D eigenvalue weighted by atomic mass is 32.1. The molecule has 0 fully saturated rings. The molecule has 1 aromatic heterocycles.